The van der Waals surface area contributed by atoms with Crippen molar-refractivity contribution in [3.05, 3.63) is 70.8 Å². The molecule has 0 aromatic heterocycles. The molecule has 1 fully saturated rings. The van der Waals surface area contributed by atoms with E-state index in [1.54, 1.807) is 0 Å². The maximum atomic E-state index is 12.6. The van der Waals surface area contributed by atoms with E-state index in [-0.39, 0.29) is 5.91 Å². The van der Waals surface area contributed by atoms with Crippen molar-refractivity contribution in [1.29, 1.82) is 0 Å². The van der Waals surface area contributed by atoms with E-state index in [1.807, 2.05) is 48.5 Å². The van der Waals surface area contributed by atoms with Gasteiger partial charge in [-0.25, -0.2) is 0 Å². The van der Waals surface area contributed by atoms with Gasteiger partial charge < -0.3 is 15.2 Å². The monoisotopic (exact) mass is 363 g/mol. The van der Waals surface area contributed by atoms with Gasteiger partial charge in [-0.3, -0.25) is 4.79 Å². The molecule has 2 aromatic rings. The molecule has 1 amide bonds. The van der Waals surface area contributed by atoms with Crippen molar-refractivity contribution in [1.82, 2.24) is 0 Å². The highest BCUT2D eigenvalue weighted by Gasteiger charge is 2.49. The van der Waals surface area contributed by atoms with Crippen LogP contribution < -0.4 is 5.32 Å². The Labute approximate surface area is 159 Å². The van der Waals surface area contributed by atoms with Gasteiger partial charge in [-0.2, -0.15) is 0 Å². The highest BCUT2D eigenvalue weighted by molar-refractivity contribution is 5.99. The molecule has 0 spiro atoms. The van der Waals surface area contributed by atoms with Crippen LogP contribution in [0, 0.1) is 5.92 Å². The summed E-state index contributed by atoms with van der Waals surface area (Å²) in [6.45, 7) is 2.28. The normalized spacial score (nSPS) is 28.9. The van der Waals surface area contributed by atoms with E-state index in [0.717, 1.165) is 24.3 Å². The molecule has 2 aromatic carbocycles. The number of carbonyl (C=O) groups excluding carboxylic acids is 1. The number of methoxy groups -OCH3 is 1. The Kier molecular flexibility index (Phi) is 4.62. The average Bonchev–Trinajstić information content (AvgIpc) is 3.08. The summed E-state index contributed by atoms with van der Waals surface area (Å²) in [4.78, 5) is 12.6. The number of rotatable bonds is 3. The number of nitrogens with one attached hydrogen (secondary N) is 1. The Morgan fingerprint density at radius 2 is 2.00 bits per heavy atom. The number of ether oxygens (including phenoxy) is 1. The summed E-state index contributed by atoms with van der Waals surface area (Å²) < 4.78 is 5.44. The van der Waals surface area contributed by atoms with Crippen molar-refractivity contribution in [2.24, 2.45) is 5.92 Å². The van der Waals surface area contributed by atoms with Crippen LogP contribution in [-0.2, 0) is 15.1 Å². The first-order valence-corrected chi connectivity index (χ1v) is 9.48. The van der Waals surface area contributed by atoms with E-state index in [2.05, 4.69) is 18.3 Å². The zero-order chi connectivity index (χ0) is 19.0. The Balaban J connectivity index is 1.84. The molecule has 1 aliphatic carbocycles. The fourth-order valence-electron chi connectivity index (χ4n) is 4.33. The Bertz CT molecular complexity index is 890. The number of hydrogen-bond acceptors (Lipinski definition) is 3. The first-order valence-electron chi connectivity index (χ1n) is 9.48. The molecule has 1 saturated carbocycles. The van der Waals surface area contributed by atoms with Crippen molar-refractivity contribution in [3.63, 3.8) is 0 Å². The average molecular weight is 363 g/mol. The largest absolute Gasteiger partial charge is 0.377 e. The molecule has 0 radical (unpaired) electrons. The predicted octanol–water partition coefficient (Wildman–Crippen LogP) is 4.09. The first kappa shape index (κ1) is 18.0. The van der Waals surface area contributed by atoms with Crippen molar-refractivity contribution in [2.45, 2.75) is 37.9 Å². The van der Waals surface area contributed by atoms with Crippen molar-refractivity contribution in [3.8, 4) is 0 Å². The van der Waals surface area contributed by atoms with Gasteiger partial charge in [0.15, 0.2) is 11.7 Å². The summed E-state index contributed by atoms with van der Waals surface area (Å²) in [5.74, 6) is 0.388. The summed E-state index contributed by atoms with van der Waals surface area (Å²) in [7, 11) is 1.45. The third-order valence-electron chi connectivity index (χ3n) is 5.72. The number of carbonyl (C=O) groups is 1. The van der Waals surface area contributed by atoms with Crippen LogP contribution in [0.25, 0.3) is 6.08 Å². The quantitative estimate of drug-likeness (QED) is 0.863. The van der Waals surface area contributed by atoms with Gasteiger partial charge in [0.2, 0.25) is 0 Å². The maximum absolute atomic E-state index is 12.6. The third-order valence-corrected chi connectivity index (χ3v) is 5.72. The number of anilines is 1. The zero-order valence-corrected chi connectivity index (χ0v) is 15.7. The highest BCUT2D eigenvalue weighted by Crippen LogP contribution is 2.43. The molecule has 3 unspecified atom stereocenters. The third kappa shape index (κ3) is 3.09. The molecule has 2 aliphatic rings. The molecule has 2 N–H and O–H groups in total. The van der Waals surface area contributed by atoms with E-state index >= 15 is 0 Å². The second-order valence-corrected chi connectivity index (χ2v) is 7.69. The van der Waals surface area contributed by atoms with E-state index in [9.17, 15) is 9.90 Å². The van der Waals surface area contributed by atoms with Gasteiger partial charge in [-0.1, -0.05) is 55.0 Å². The Morgan fingerprint density at radius 1 is 1.22 bits per heavy atom. The lowest BCUT2D eigenvalue weighted by Crippen LogP contribution is -2.52. The van der Waals surface area contributed by atoms with Crippen LogP contribution in [0.3, 0.4) is 0 Å². The summed E-state index contributed by atoms with van der Waals surface area (Å²) >= 11 is 0. The molecule has 3 atom stereocenters. The molecular weight excluding hydrogens is 338 g/mol. The lowest BCUT2D eigenvalue weighted by Gasteiger charge is -2.40. The van der Waals surface area contributed by atoms with Crippen LogP contribution in [0.4, 0.5) is 5.69 Å². The minimum atomic E-state index is -1.54. The van der Waals surface area contributed by atoms with Crippen molar-refractivity contribution in [2.75, 3.05) is 12.4 Å². The van der Waals surface area contributed by atoms with Crippen molar-refractivity contribution >= 4 is 17.7 Å². The molecule has 4 heteroatoms. The molecule has 1 aliphatic heterocycles. The number of allylic oxidation sites excluding steroid dienone is 1. The standard InChI is InChI=1S/C23H25NO3/c1-15-8-9-16(12-15)13-17-10-11-20-19(14-17)23(26,18-6-4-3-5-7-18)21(27-2)22(25)24-20/h3-7,10-11,13-15,21,26H,8-9,12H2,1-2H3,(H,24,25). The molecule has 0 saturated heterocycles. The molecule has 140 valence electrons. The number of benzene rings is 2. The van der Waals surface area contributed by atoms with E-state index in [0.29, 0.717) is 16.8 Å². The topological polar surface area (TPSA) is 58.6 Å². The maximum Gasteiger partial charge on any atom is 0.257 e. The van der Waals surface area contributed by atoms with Crippen LogP contribution in [-0.4, -0.2) is 24.2 Å². The fourth-order valence-corrected chi connectivity index (χ4v) is 4.33. The van der Waals surface area contributed by atoms with Crippen molar-refractivity contribution < 1.29 is 14.6 Å². The van der Waals surface area contributed by atoms with Gasteiger partial charge in [0.05, 0.1) is 0 Å². The minimum absolute atomic E-state index is 0.341. The summed E-state index contributed by atoms with van der Waals surface area (Å²) in [5, 5.41) is 14.6. The fraction of sp³-hybridized carbons (Fsp3) is 0.348. The smallest absolute Gasteiger partial charge is 0.257 e. The van der Waals surface area contributed by atoms with Gasteiger partial charge in [0, 0.05) is 18.4 Å². The van der Waals surface area contributed by atoms with E-state index in [4.69, 9.17) is 4.74 Å². The van der Waals surface area contributed by atoms with E-state index < -0.39 is 11.7 Å². The van der Waals surface area contributed by atoms with Crippen LogP contribution in [0.2, 0.25) is 0 Å². The second-order valence-electron chi connectivity index (χ2n) is 7.69. The predicted molar refractivity (Wildman–Crippen MR) is 106 cm³/mol. The minimum Gasteiger partial charge on any atom is -0.377 e. The highest BCUT2D eigenvalue weighted by atomic mass is 16.5. The van der Waals surface area contributed by atoms with Crippen LogP contribution in [0.1, 0.15) is 42.9 Å². The van der Waals surface area contributed by atoms with Gasteiger partial charge in [-0.15, -0.1) is 0 Å². The summed E-state index contributed by atoms with van der Waals surface area (Å²) in [6, 6.07) is 15.1. The SMILES string of the molecule is COC1C(=O)Nc2ccc(C=C3CCC(C)C3)cc2C1(O)c1ccccc1. The van der Waals surface area contributed by atoms with Gasteiger partial charge in [-0.05, 0) is 48.4 Å². The summed E-state index contributed by atoms with van der Waals surface area (Å²) in [6.07, 6.45) is 4.68. The zero-order valence-electron chi connectivity index (χ0n) is 15.7. The summed E-state index contributed by atoms with van der Waals surface area (Å²) in [5.41, 5.74) is 2.88. The lowest BCUT2D eigenvalue weighted by atomic mass is 9.77. The van der Waals surface area contributed by atoms with Crippen LogP contribution >= 0.6 is 0 Å². The Morgan fingerprint density at radius 3 is 2.67 bits per heavy atom. The van der Waals surface area contributed by atoms with Gasteiger partial charge in [0.1, 0.15) is 0 Å². The van der Waals surface area contributed by atoms with Gasteiger partial charge in [0.25, 0.3) is 5.91 Å². The van der Waals surface area contributed by atoms with Gasteiger partial charge >= 0.3 is 0 Å². The molecule has 1 heterocycles. The molecule has 27 heavy (non-hydrogen) atoms. The molecule has 4 nitrogen and oxygen atoms in total. The number of amides is 1. The van der Waals surface area contributed by atoms with E-state index in [1.165, 1.54) is 19.1 Å². The number of fused-ring (bicyclic) bond motifs is 1. The number of aliphatic hydroxyl groups is 1. The molecular formula is C23H25NO3. The Hall–Kier alpha value is -2.43. The lowest BCUT2D eigenvalue weighted by molar-refractivity contribution is -0.142. The number of hydrogen-bond donors (Lipinski definition) is 2. The molecule has 0 bridgehead atoms. The second kappa shape index (κ2) is 6.95. The first-order chi connectivity index (χ1) is 13.0. The van der Waals surface area contributed by atoms with Crippen LogP contribution in [0.5, 0.6) is 0 Å². The molecule has 4 rings (SSSR count). The van der Waals surface area contributed by atoms with Crippen LogP contribution in [0.15, 0.2) is 54.1 Å².